The van der Waals surface area contributed by atoms with E-state index in [9.17, 15) is 0 Å². The first-order valence-electron chi connectivity index (χ1n) is 3.72. The Labute approximate surface area is 85.1 Å². The topological polar surface area (TPSA) is 59.1 Å². The number of aromatic nitrogens is 1. The molecular formula is C8H11IN2O. The van der Waals surface area contributed by atoms with Crippen LogP contribution >= 0.6 is 22.6 Å². The van der Waals surface area contributed by atoms with Crippen molar-refractivity contribution < 1.29 is 5.11 Å². The third kappa shape index (κ3) is 2.69. The summed E-state index contributed by atoms with van der Waals surface area (Å²) in [6, 6.07) is 3.75. The van der Waals surface area contributed by atoms with E-state index < -0.39 is 0 Å². The Morgan fingerprint density at radius 3 is 2.83 bits per heavy atom. The third-order valence-electron chi connectivity index (χ3n) is 1.62. The zero-order valence-corrected chi connectivity index (χ0v) is 8.73. The smallest absolute Gasteiger partial charge is 0.101 e. The molecule has 0 fully saturated rings. The lowest BCUT2D eigenvalue weighted by molar-refractivity contribution is 0.276. The van der Waals surface area contributed by atoms with E-state index in [2.05, 4.69) is 27.6 Å². The highest BCUT2D eigenvalue weighted by atomic mass is 127. The van der Waals surface area contributed by atoms with Crippen LogP contribution in [0.25, 0.3) is 0 Å². The maximum Gasteiger partial charge on any atom is 0.101 e. The molecule has 66 valence electrons. The molecule has 12 heavy (non-hydrogen) atoms. The number of nitrogens with zero attached hydrogens (tertiary/aromatic N) is 1. The van der Waals surface area contributed by atoms with E-state index in [1.54, 1.807) is 6.20 Å². The molecule has 0 spiro atoms. The molecule has 0 saturated heterocycles. The van der Waals surface area contributed by atoms with Crippen molar-refractivity contribution in [1.82, 2.24) is 4.98 Å². The van der Waals surface area contributed by atoms with Crippen LogP contribution in [0.5, 0.6) is 0 Å². The second-order valence-corrected chi connectivity index (χ2v) is 3.64. The highest BCUT2D eigenvalue weighted by Crippen LogP contribution is 2.12. The van der Waals surface area contributed by atoms with Crippen LogP contribution in [0.15, 0.2) is 18.3 Å². The summed E-state index contributed by atoms with van der Waals surface area (Å²) in [5.74, 6) is 0. The highest BCUT2D eigenvalue weighted by molar-refractivity contribution is 14.1. The molecule has 0 saturated carbocycles. The van der Waals surface area contributed by atoms with E-state index in [1.807, 2.05) is 12.1 Å². The van der Waals surface area contributed by atoms with Crippen molar-refractivity contribution in [1.29, 1.82) is 0 Å². The van der Waals surface area contributed by atoms with Gasteiger partial charge in [0.05, 0.1) is 0 Å². The fourth-order valence-electron chi connectivity index (χ4n) is 0.912. The molecule has 1 aromatic rings. The van der Waals surface area contributed by atoms with Crippen LogP contribution in [0, 0.1) is 3.70 Å². The first kappa shape index (κ1) is 9.88. The zero-order chi connectivity index (χ0) is 8.97. The first-order valence-corrected chi connectivity index (χ1v) is 4.80. The number of rotatable bonds is 3. The Balaban J connectivity index is 2.68. The minimum Gasteiger partial charge on any atom is -0.396 e. The van der Waals surface area contributed by atoms with Crippen LogP contribution in [0.2, 0.25) is 0 Å². The van der Waals surface area contributed by atoms with Crippen LogP contribution in [0.3, 0.4) is 0 Å². The Morgan fingerprint density at radius 1 is 1.58 bits per heavy atom. The maximum atomic E-state index is 8.65. The first-order chi connectivity index (χ1) is 5.74. The van der Waals surface area contributed by atoms with Gasteiger partial charge in [-0.05, 0) is 40.6 Å². The molecule has 0 radical (unpaired) electrons. The quantitative estimate of drug-likeness (QED) is 0.642. The fraction of sp³-hybridized carbons (Fsp3) is 0.375. The van der Waals surface area contributed by atoms with Gasteiger partial charge in [-0.2, -0.15) is 0 Å². The van der Waals surface area contributed by atoms with Crippen molar-refractivity contribution in [3.63, 3.8) is 0 Å². The third-order valence-corrected chi connectivity index (χ3v) is 2.26. The molecule has 0 aliphatic carbocycles. The van der Waals surface area contributed by atoms with E-state index in [1.165, 1.54) is 0 Å². The number of nitrogens with two attached hydrogens (primary N) is 1. The molecule has 0 aliphatic heterocycles. The Hall–Kier alpha value is -0.200. The summed E-state index contributed by atoms with van der Waals surface area (Å²) >= 11 is 2.14. The summed E-state index contributed by atoms with van der Waals surface area (Å²) in [7, 11) is 0. The van der Waals surface area contributed by atoms with Crippen LogP contribution in [0.1, 0.15) is 18.0 Å². The fourth-order valence-corrected chi connectivity index (χ4v) is 1.23. The lowest BCUT2D eigenvalue weighted by Crippen LogP contribution is -2.12. The molecular weight excluding hydrogens is 267 g/mol. The predicted molar refractivity (Wildman–Crippen MR) is 55.6 cm³/mol. The minimum absolute atomic E-state index is 0.0977. The average Bonchev–Trinajstić information content (AvgIpc) is 2.06. The SMILES string of the molecule is NC(CCO)c1ccc(I)nc1. The molecule has 0 amide bonds. The summed E-state index contributed by atoms with van der Waals surface area (Å²) in [5, 5.41) is 8.65. The van der Waals surface area contributed by atoms with Gasteiger partial charge in [-0.3, -0.25) is 0 Å². The summed E-state index contributed by atoms with van der Waals surface area (Å²) in [5.41, 5.74) is 6.73. The maximum absolute atomic E-state index is 8.65. The van der Waals surface area contributed by atoms with E-state index in [-0.39, 0.29) is 12.6 Å². The summed E-state index contributed by atoms with van der Waals surface area (Å²) in [6.07, 6.45) is 2.34. The standard InChI is InChI=1S/C8H11IN2O/c9-8-2-1-6(5-11-8)7(10)3-4-12/h1-2,5,7,12H,3-4,10H2. The zero-order valence-electron chi connectivity index (χ0n) is 6.57. The van der Waals surface area contributed by atoms with Gasteiger partial charge in [-0.1, -0.05) is 6.07 Å². The van der Waals surface area contributed by atoms with Crippen LogP contribution in [0.4, 0.5) is 0 Å². The molecule has 0 bridgehead atoms. The van der Waals surface area contributed by atoms with Gasteiger partial charge in [0.1, 0.15) is 3.70 Å². The van der Waals surface area contributed by atoms with E-state index in [4.69, 9.17) is 10.8 Å². The van der Waals surface area contributed by atoms with Gasteiger partial charge >= 0.3 is 0 Å². The van der Waals surface area contributed by atoms with Crippen molar-refractivity contribution in [2.75, 3.05) is 6.61 Å². The second kappa shape index (κ2) is 4.74. The van der Waals surface area contributed by atoms with E-state index in [0.29, 0.717) is 6.42 Å². The van der Waals surface area contributed by atoms with Gasteiger partial charge < -0.3 is 10.8 Å². The van der Waals surface area contributed by atoms with Crippen molar-refractivity contribution >= 4 is 22.6 Å². The van der Waals surface area contributed by atoms with Gasteiger partial charge in [0, 0.05) is 18.8 Å². The largest absolute Gasteiger partial charge is 0.396 e. The van der Waals surface area contributed by atoms with Gasteiger partial charge in [-0.25, -0.2) is 4.98 Å². The number of aliphatic hydroxyl groups is 1. The molecule has 1 heterocycles. The lowest BCUT2D eigenvalue weighted by Gasteiger charge is -2.08. The average molecular weight is 278 g/mol. The number of hydrogen-bond donors (Lipinski definition) is 2. The molecule has 1 atom stereocenters. The molecule has 3 N–H and O–H groups in total. The second-order valence-electron chi connectivity index (χ2n) is 2.53. The summed E-state index contributed by atoms with van der Waals surface area (Å²) in [4.78, 5) is 4.11. The highest BCUT2D eigenvalue weighted by Gasteiger charge is 2.04. The lowest BCUT2D eigenvalue weighted by atomic mass is 10.1. The predicted octanol–water partition coefficient (Wildman–Crippen LogP) is 1.07. The Bertz CT molecular complexity index is 237. The van der Waals surface area contributed by atoms with Crippen molar-refractivity contribution in [3.8, 4) is 0 Å². The number of hydrogen-bond acceptors (Lipinski definition) is 3. The molecule has 1 rings (SSSR count). The van der Waals surface area contributed by atoms with Crippen LogP contribution in [-0.2, 0) is 0 Å². The number of aliphatic hydroxyl groups excluding tert-OH is 1. The van der Waals surface area contributed by atoms with Crippen molar-refractivity contribution in [3.05, 3.63) is 27.6 Å². The van der Waals surface area contributed by atoms with Gasteiger partial charge in [0.25, 0.3) is 0 Å². The van der Waals surface area contributed by atoms with Gasteiger partial charge in [-0.15, -0.1) is 0 Å². The Kier molecular flexibility index (Phi) is 3.90. The normalized spacial score (nSPS) is 12.9. The Morgan fingerprint density at radius 2 is 2.33 bits per heavy atom. The van der Waals surface area contributed by atoms with E-state index in [0.717, 1.165) is 9.26 Å². The van der Waals surface area contributed by atoms with Crippen molar-refractivity contribution in [2.24, 2.45) is 5.73 Å². The molecule has 1 unspecified atom stereocenters. The monoisotopic (exact) mass is 278 g/mol. The summed E-state index contributed by atoms with van der Waals surface area (Å²) < 4.78 is 0.951. The van der Waals surface area contributed by atoms with Gasteiger partial charge in [0.2, 0.25) is 0 Å². The molecule has 3 nitrogen and oxygen atoms in total. The molecule has 0 aromatic carbocycles. The van der Waals surface area contributed by atoms with Gasteiger partial charge in [0.15, 0.2) is 0 Å². The van der Waals surface area contributed by atoms with Crippen LogP contribution < -0.4 is 5.73 Å². The molecule has 0 aliphatic rings. The molecule has 4 heteroatoms. The summed E-state index contributed by atoms with van der Waals surface area (Å²) in [6.45, 7) is 0.118. The molecule has 1 aromatic heterocycles. The van der Waals surface area contributed by atoms with Crippen LogP contribution in [-0.4, -0.2) is 16.7 Å². The minimum atomic E-state index is -0.0977. The number of pyridine rings is 1. The van der Waals surface area contributed by atoms with E-state index >= 15 is 0 Å². The van der Waals surface area contributed by atoms with Crippen molar-refractivity contribution in [2.45, 2.75) is 12.5 Å². The number of halogens is 1.